The molecule has 0 radical (unpaired) electrons. The maximum absolute atomic E-state index is 13.7. The van der Waals surface area contributed by atoms with Crippen LogP contribution in [0.25, 0.3) is 0 Å². The first-order valence-electron chi connectivity index (χ1n) is 9.50. The number of hydrogen-bond acceptors (Lipinski definition) is 6. The molecule has 3 aliphatic heterocycles. The van der Waals surface area contributed by atoms with E-state index in [1.807, 2.05) is 0 Å². The monoisotopic (exact) mass is 404 g/mol. The number of fused-ring (bicyclic) bond motifs is 1. The van der Waals surface area contributed by atoms with Crippen LogP contribution in [0.4, 0.5) is 8.78 Å². The topological polar surface area (TPSA) is 88.8 Å². The fourth-order valence-corrected chi connectivity index (χ4v) is 4.63. The lowest BCUT2D eigenvalue weighted by atomic mass is 9.89. The Kier molecular flexibility index (Phi) is 4.12. The molecule has 2 atom stereocenters. The van der Waals surface area contributed by atoms with Gasteiger partial charge in [-0.2, -0.15) is 0 Å². The first-order valence-corrected chi connectivity index (χ1v) is 9.50. The lowest BCUT2D eigenvalue weighted by Crippen LogP contribution is -2.51. The molecule has 5 rings (SSSR count). The number of likely N-dealkylation sites (tertiary alicyclic amines) is 1. The SMILES string of the molecule is O=C(c1cnon1)N1CCC2(CC1)O[C@@H]1CC[C@@H](c3cc(F)cc(F)c3)N1C2=O. The molecule has 152 valence electrons. The third-order valence-electron chi connectivity index (χ3n) is 6.03. The van der Waals surface area contributed by atoms with Crippen molar-refractivity contribution in [1.29, 1.82) is 0 Å². The molecule has 3 aliphatic rings. The second-order valence-corrected chi connectivity index (χ2v) is 7.66. The largest absolute Gasteiger partial charge is 0.342 e. The van der Waals surface area contributed by atoms with Gasteiger partial charge >= 0.3 is 0 Å². The van der Waals surface area contributed by atoms with Gasteiger partial charge in [0.2, 0.25) is 0 Å². The van der Waals surface area contributed by atoms with E-state index in [0.717, 1.165) is 6.07 Å². The molecule has 29 heavy (non-hydrogen) atoms. The highest BCUT2D eigenvalue weighted by Gasteiger charge is 2.58. The van der Waals surface area contributed by atoms with Crippen molar-refractivity contribution in [2.45, 2.75) is 43.6 Å². The molecule has 3 fully saturated rings. The molecule has 2 aromatic rings. The minimum atomic E-state index is -1.01. The molecule has 1 aromatic carbocycles. The zero-order valence-corrected chi connectivity index (χ0v) is 15.4. The van der Waals surface area contributed by atoms with Crippen LogP contribution < -0.4 is 0 Å². The molecule has 1 spiro atoms. The summed E-state index contributed by atoms with van der Waals surface area (Å²) in [6, 6.07) is 2.93. The van der Waals surface area contributed by atoms with E-state index < -0.39 is 29.5 Å². The van der Waals surface area contributed by atoms with E-state index in [-0.39, 0.29) is 17.5 Å². The van der Waals surface area contributed by atoms with E-state index in [1.165, 1.54) is 18.3 Å². The van der Waals surface area contributed by atoms with Gasteiger partial charge < -0.3 is 14.5 Å². The number of hydrogen-bond donors (Lipinski definition) is 0. The van der Waals surface area contributed by atoms with E-state index in [1.54, 1.807) is 9.80 Å². The molecule has 0 N–H and O–H groups in total. The zero-order chi connectivity index (χ0) is 20.2. The Hall–Kier alpha value is -2.88. The number of aromatic nitrogens is 2. The van der Waals surface area contributed by atoms with Crippen LogP contribution in [0.3, 0.4) is 0 Å². The summed E-state index contributed by atoms with van der Waals surface area (Å²) in [5.74, 6) is -1.81. The molecule has 10 heteroatoms. The van der Waals surface area contributed by atoms with Crippen molar-refractivity contribution >= 4 is 11.8 Å². The summed E-state index contributed by atoms with van der Waals surface area (Å²) in [7, 11) is 0. The smallest absolute Gasteiger partial charge is 0.277 e. The van der Waals surface area contributed by atoms with Gasteiger partial charge in [0, 0.05) is 32.0 Å². The highest BCUT2D eigenvalue weighted by atomic mass is 19.1. The highest BCUT2D eigenvalue weighted by Crippen LogP contribution is 2.47. The Morgan fingerprint density at radius 3 is 2.52 bits per heavy atom. The predicted molar refractivity (Wildman–Crippen MR) is 92.2 cm³/mol. The van der Waals surface area contributed by atoms with Crippen LogP contribution in [0.1, 0.15) is 47.8 Å². The van der Waals surface area contributed by atoms with Crippen LogP contribution in [0.2, 0.25) is 0 Å². The number of benzene rings is 1. The van der Waals surface area contributed by atoms with Gasteiger partial charge in [0.25, 0.3) is 11.8 Å². The van der Waals surface area contributed by atoms with Crippen LogP contribution in [-0.2, 0) is 9.53 Å². The van der Waals surface area contributed by atoms with Crippen molar-refractivity contribution in [2.24, 2.45) is 0 Å². The van der Waals surface area contributed by atoms with Crippen molar-refractivity contribution in [3.05, 3.63) is 47.3 Å². The van der Waals surface area contributed by atoms with Crippen molar-refractivity contribution in [3.63, 3.8) is 0 Å². The molecular weight excluding hydrogens is 386 g/mol. The highest BCUT2D eigenvalue weighted by molar-refractivity contribution is 5.93. The average molecular weight is 404 g/mol. The Morgan fingerprint density at radius 2 is 1.86 bits per heavy atom. The van der Waals surface area contributed by atoms with Crippen molar-refractivity contribution < 1.29 is 27.7 Å². The Balaban J connectivity index is 1.33. The molecule has 0 bridgehead atoms. The van der Waals surface area contributed by atoms with E-state index in [9.17, 15) is 18.4 Å². The van der Waals surface area contributed by atoms with Gasteiger partial charge in [-0.3, -0.25) is 9.59 Å². The lowest BCUT2D eigenvalue weighted by Gasteiger charge is -2.37. The van der Waals surface area contributed by atoms with Gasteiger partial charge in [-0.05, 0) is 35.7 Å². The maximum Gasteiger partial charge on any atom is 0.277 e. The van der Waals surface area contributed by atoms with Crippen molar-refractivity contribution in [1.82, 2.24) is 20.1 Å². The summed E-state index contributed by atoms with van der Waals surface area (Å²) >= 11 is 0. The average Bonchev–Trinajstić information content (AvgIpc) is 3.41. The van der Waals surface area contributed by atoms with Gasteiger partial charge in [0.15, 0.2) is 11.3 Å². The fourth-order valence-electron chi connectivity index (χ4n) is 4.63. The standard InChI is InChI=1S/C19H18F2N4O4/c20-12-7-11(8-13(21)9-12)15-1-2-16-25(15)18(27)19(28-16)3-5-24(6-4-19)17(26)14-10-22-29-23-14/h7-10,15-16H,1-6H2/t15-,16+/m0/s1. The summed E-state index contributed by atoms with van der Waals surface area (Å²) in [5.41, 5.74) is -0.452. The Bertz CT molecular complexity index is 939. The number of halogens is 2. The van der Waals surface area contributed by atoms with Gasteiger partial charge in [-0.1, -0.05) is 5.16 Å². The number of piperidine rings is 1. The van der Waals surface area contributed by atoms with Crippen LogP contribution in [0.15, 0.2) is 29.0 Å². The molecule has 1 aromatic heterocycles. The first-order chi connectivity index (χ1) is 14.0. The minimum absolute atomic E-state index is 0.119. The molecule has 4 heterocycles. The second-order valence-electron chi connectivity index (χ2n) is 7.66. The van der Waals surface area contributed by atoms with E-state index in [4.69, 9.17) is 4.74 Å². The number of carbonyl (C=O) groups is 2. The molecule has 2 amide bonds. The van der Waals surface area contributed by atoms with Crippen molar-refractivity contribution in [2.75, 3.05) is 13.1 Å². The van der Waals surface area contributed by atoms with Crippen LogP contribution in [0, 0.1) is 11.6 Å². The number of amides is 2. The second kappa shape index (κ2) is 6.58. The summed E-state index contributed by atoms with van der Waals surface area (Å²) in [6.45, 7) is 0.661. The molecule has 8 nitrogen and oxygen atoms in total. The summed E-state index contributed by atoms with van der Waals surface area (Å²) < 4.78 is 38.0. The van der Waals surface area contributed by atoms with Gasteiger partial charge in [0.1, 0.15) is 24.1 Å². The van der Waals surface area contributed by atoms with Crippen LogP contribution in [0.5, 0.6) is 0 Å². The molecular formula is C19H18F2N4O4. The van der Waals surface area contributed by atoms with Gasteiger partial charge in [0.05, 0.1) is 6.04 Å². The minimum Gasteiger partial charge on any atom is -0.342 e. The predicted octanol–water partition coefficient (Wildman–Crippen LogP) is 2.04. The van der Waals surface area contributed by atoms with Crippen LogP contribution >= 0.6 is 0 Å². The molecule has 0 saturated carbocycles. The Morgan fingerprint density at radius 1 is 1.14 bits per heavy atom. The fraction of sp³-hybridized carbons (Fsp3) is 0.474. The quantitative estimate of drug-likeness (QED) is 0.761. The van der Waals surface area contributed by atoms with E-state index in [0.29, 0.717) is 44.3 Å². The number of ether oxygens (including phenoxy) is 1. The molecule has 0 aliphatic carbocycles. The summed E-state index contributed by atoms with van der Waals surface area (Å²) in [4.78, 5) is 28.9. The van der Waals surface area contributed by atoms with E-state index >= 15 is 0 Å². The summed E-state index contributed by atoms with van der Waals surface area (Å²) in [6.07, 6.45) is 2.71. The zero-order valence-electron chi connectivity index (χ0n) is 15.4. The third-order valence-corrected chi connectivity index (χ3v) is 6.03. The summed E-state index contributed by atoms with van der Waals surface area (Å²) in [5, 5.41) is 6.99. The maximum atomic E-state index is 13.7. The number of carbonyl (C=O) groups excluding carboxylic acids is 2. The molecule has 0 unspecified atom stereocenters. The number of rotatable bonds is 2. The molecule has 3 saturated heterocycles. The van der Waals surface area contributed by atoms with Gasteiger partial charge in [-0.25, -0.2) is 13.4 Å². The first kappa shape index (κ1) is 18.2. The Labute approximate surface area is 164 Å². The van der Waals surface area contributed by atoms with E-state index in [2.05, 4.69) is 14.9 Å². The number of nitrogens with zero attached hydrogens (tertiary/aromatic N) is 4. The van der Waals surface area contributed by atoms with Crippen LogP contribution in [-0.4, -0.2) is 56.8 Å². The normalized spacial score (nSPS) is 25.7. The lowest BCUT2D eigenvalue weighted by molar-refractivity contribution is -0.142. The van der Waals surface area contributed by atoms with Crippen molar-refractivity contribution in [3.8, 4) is 0 Å². The van der Waals surface area contributed by atoms with Gasteiger partial charge in [-0.15, -0.1) is 0 Å². The third kappa shape index (κ3) is 2.89.